The average Bonchev–Trinajstić information content (AvgIpc) is 3.07. The van der Waals surface area contributed by atoms with Gasteiger partial charge in [0.25, 0.3) is 0 Å². The fraction of sp³-hybridized carbons (Fsp3) is 0.368. The molecule has 0 bridgehead atoms. The van der Waals surface area contributed by atoms with Crippen LogP contribution in [0, 0.1) is 0 Å². The maximum Gasteiger partial charge on any atom is 0.185 e. The van der Waals surface area contributed by atoms with Crippen molar-refractivity contribution in [2.45, 2.75) is 92.4 Å². The molecule has 0 radical (unpaired) electrons. The lowest BCUT2D eigenvalue weighted by Gasteiger charge is -2.18. The summed E-state index contributed by atoms with van der Waals surface area (Å²) < 4.78 is 50.0. The summed E-state index contributed by atoms with van der Waals surface area (Å²) in [4.78, 5) is 0.790. The van der Waals surface area contributed by atoms with Crippen LogP contribution in [0.3, 0.4) is 0 Å². The van der Waals surface area contributed by atoms with Gasteiger partial charge in [-0.2, -0.15) is 0 Å². The van der Waals surface area contributed by atoms with Gasteiger partial charge in [0.2, 0.25) is 0 Å². The molecule has 45 heavy (non-hydrogen) atoms. The van der Waals surface area contributed by atoms with Crippen LogP contribution in [0.1, 0.15) is 88.0 Å². The second kappa shape index (κ2) is 21.5. The fourth-order valence-electron chi connectivity index (χ4n) is 4.74. The Hall–Kier alpha value is -3.26. The molecule has 0 saturated heterocycles. The van der Waals surface area contributed by atoms with E-state index < -0.39 is 24.9 Å². The van der Waals surface area contributed by atoms with E-state index in [1.165, 1.54) is 19.3 Å². The highest BCUT2D eigenvalue weighted by molar-refractivity contribution is 7.91. The number of hydrogen-bond donors (Lipinski definition) is 1. The molecule has 5 nitrogen and oxygen atoms in total. The van der Waals surface area contributed by atoms with Gasteiger partial charge in [-0.25, -0.2) is 16.8 Å². The van der Waals surface area contributed by atoms with Crippen molar-refractivity contribution in [2.75, 3.05) is 6.61 Å². The lowest BCUT2D eigenvalue weighted by atomic mass is 10.1. The summed E-state index contributed by atoms with van der Waals surface area (Å²) in [6, 6.07) is 36.1. The first-order valence-corrected chi connectivity index (χ1v) is 19.2. The van der Waals surface area contributed by atoms with E-state index in [2.05, 4.69) is 13.8 Å². The zero-order valence-corrected chi connectivity index (χ0v) is 28.4. The van der Waals surface area contributed by atoms with E-state index in [9.17, 15) is 16.8 Å². The van der Waals surface area contributed by atoms with Gasteiger partial charge in [-0.1, -0.05) is 156 Å². The number of aliphatic hydroxyl groups excluding tert-OH is 1. The molecule has 0 spiro atoms. The van der Waals surface area contributed by atoms with Crippen molar-refractivity contribution >= 4 is 19.7 Å². The third-order valence-electron chi connectivity index (χ3n) is 7.25. The minimum atomic E-state index is -3.34. The molecule has 7 heteroatoms. The molecule has 1 N–H and O–H groups in total. The van der Waals surface area contributed by atoms with E-state index in [0.29, 0.717) is 22.8 Å². The molecule has 4 aromatic carbocycles. The Balaban J connectivity index is 0.000000267. The molecule has 244 valence electrons. The van der Waals surface area contributed by atoms with E-state index in [1.807, 2.05) is 72.8 Å². The maximum absolute atomic E-state index is 13.0. The van der Waals surface area contributed by atoms with Gasteiger partial charge < -0.3 is 5.11 Å². The number of hydrogen-bond acceptors (Lipinski definition) is 5. The van der Waals surface area contributed by atoms with Crippen molar-refractivity contribution < 1.29 is 21.9 Å². The first-order valence-electron chi connectivity index (χ1n) is 16.0. The maximum atomic E-state index is 13.0. The molecule has 4 rings (SSSR count). The van der Waals surface area contributed by atoms with Crippen molar-refractivity contribution in [3.05, 3.63) is 132 Å². The molecule has 0 aliphatic heterocycles. The van der Waals surface area contributed by atoms with Gasteiger partial charge >= 0.3 is 0 Å². The summed E-state index contributed by atoms with van der Waals surface area (Å²) in [6.07, 6.45) is 9.71. The van der Waals surface area contributed by atoms with Crippen LogP contribution < -0.4 is 0 Å². The highest BCUT2D eigenvalue weighted by Gasteiger charge is 2.28. The number of aliphatic hydroxyl groups is 1. The molecule has 0 aromatic heterocycles. The monoisotopic (exact) mass is 650 g/mol. The molecule has 0 aliphatic rings. The third kappa shape index (κ3) is 14.1. The molecule has 0 fully saturated rings. The summed E-state index contributed by atoms with van der Waals surface area (Å²) >= 11 is 0. The topological polar surface area (TPSA) is 88.5 Å². The van der Waals surface area contributed by atoms with Gasteiger partial charge in [0.15, 0.2) is 19.7 Å². The Morgan fingerprint density at radius 3 is 1.47 bits per heavy atom. The molecule has 4 aromatic rings. The number of benzene rings is 4. The molecule has 0 aliphatic carbocycles. The van der Waals surface area contributed by atoms with Crippen LogP contribution in [-0.4, -0.2) is 28.5 Å². The number of sulfone groups is 2. The van der Waals surface area contributed by atoms with Gasteiger partial charge in [-0.05, 0) is 48.2 Å². The zero-order chi connectivity index (χ0) is 32.8. The smallest absolute Gasteiger partial charge is 0.185 e. The Labute approximate surface area is 272 Å². The molecular formula is C38H50O5S2. The average molecular weight is 651 g/mol. The summed E-state index contributed by atoms with van der Waals surface area (Å²) in [5, 5.41) is 7.84. The van der Waals surface area contributed by atoms with Crippen LogP contribution in [0.4, 0.5) is 0 Å². The normalized spacial score (nSPS) is 11.8. The van der Waals surface area contributed by atoms with Crippen molar-refractivity contribution in [3.8, 4) is 0 Å². The van der Waals surface area contributed by atoms with Crippen LogP contribution in [-0.2, 0) is 25.4 Å². The lowest BCUT2D eigenvalue weighted by molar-refractivity contribution is 0.283. The minimum absolute atomic E-state index is 0.0534. The van der Waals surface area contributed by atoms with E-state index in [4.69, 9.17) is 5.11 Å². The van der Waals surface area contributed by atoms with Gasteiger partial charge in [0.1, 0.15) is 0 Å². The second-order valence-corrected chi connectivity index (χ2v) is 15.1. The molecule has 0 saturated carbocycles. The Morgan fingerprint density at radius 2 is 0.978 bits per heavy atom. The van der Waals surface area contributed by atoms with Crippen LogP contribution in [0.25, 0.3) is 0 Å². The fourth-order valence-corrected chi connectivity index (χ4v) is 7.97. The first kappa shape index (κ1) is 37.9. The van der Waals surface area contributed by atoms with Gasteiger partial charge in [-0.15, -0.1) is 0 Å². The number of unbranched alkanes of at least 4 members (excludes halogenated alkanes) is 6. The Kier molecular flexibility index (Phi) is 18.1. The molecule has 0 amide bonds. The Morgan fingerprint density at radius 1 is 0.533 bits per heavy atom. The molecule has 1 unspecified atom stereocenters. The summed E-state index contributed by atoms with van der Waals surface area (Å²) in [5.74, 6) is 0.0534. The SMILES string of the molecule is CCCCCCC(c1ccccc1)S(=O)(=O)c1ccccc1.CCCCCCO.O=S(=O)(Cc1ccccc1)c1ccccc1. The van der Waals surface area contributed by atoms with Crippen molar-refractivity contribution in [1.82, 2.24) is 0 Å². The van der Waals surface area contributed by atoms with Crippen molar-refractivity contribution in [2.24, 2.45) is 0 Å². The van der Waals surface area contributed by atoms with E-state index >= 15 is 0 Å². The van der Waals surface area contributed by atoms with E-state index in [0.717, 1.165) is 43.2 Å². The van der Waals surface area contributed by atoms with E-state index in [1.54, 1.807) is 48.5 Å². The molecular weight excluding hydrogens is 601 g/mol. The van der Waals surface area contributed by atoms with Crippen molar-refractivity contribution in [3.63, 3.8) is 0 Å². The van der Waals surface area contributed by atoms with Crippen LogP contribution >= 0.6 is 0 Å². The second-order valence-electron chi connectivity index (χ2n) is 10.9. The standard InChI is InChI=1S/C19H24O2S.C13H12O2S.C6H14O/c1-2-3-4-11-16-19(17-12-7-5-8-13-17)22(20,21)18-14-9-6-10-15-18;14-16(15,13-9-5-2-6-10-13)11-12-7-3-1-4-8-12;1-2-3-4-5-6-7/h5-10,12-15,19H,2-4,11,16H2,1H3;1-10H,11H2;7H,2-6H2,1H3. The van der Waals surface area contributed by atoms with Crippen LogP contribution in [0.5, 0.6) is 0 Å². The quantitative estimate of drug-likeness (QED) is 0.130. The number of rotatable bonds is 15. The van der Waals surface area contributed by atoms with Crippen LogP contribution in [0.2, 0.25) is 0 Å². The van der Waals surface area contributed by atoms with Gasteiger partial charge in [0.05, 0.1) is 20.8 Å². The highest BCUT2D eigenvalue weighted by Crippen LogP contribution is 2.33. The van der Waals surface area contributed by atoms with Crippen LogP contribution in [0.15, 0.2) is 131 Å². The predicted molar refractivity (Wildman–Crippen MR) is 187 cm³/mol. The van der Waals surface area contributed by atoms with Crippen molar-refractivity contribution in [1.29, 1.82) is 0 Å². The first-order chi connectivity index (χ1) is 21.8. The van der Waals surface area contributed by atoms with E-state index in [-0.39, 0.29) is 5.75 Å². The highest BCUT2D eigenvalue weighted by atomic mass is 32.2. The predicted octanol–water partition coefficient (Wildman–Crippen LogP) is 9.39. The third-order valence-corrected chi connectivity index (χ3v) is 11.1. The minimum Gasteiger partial charge on any atom is -0.396 e. The molecule has 0 heterocycles. The lowest BCUT2D eigenvalue weighted by Crippen LogP contribution is -2.14. The summed E-state index contributed by atoms with van der Waals surface area (Å²) in [6.45, 7) is 4.69. The zero-order valence-electron chi connectivity index (χ0n) is 26.8. The Bertz CT molecular complexity index is 1500. The molecule has 1 atom stereocenters. The van der Waals surface area contributed by atoms with Gasteiger partial charge in [0, 0.05) is 6.61 Å². The largest absolute Gasteiger partial charge is 0.396 e. The van der Waals surface area contributed by atoms with Gasteiger partial charge in [-0.3, -0.25) is 0 Å². The summed E-state index contributed by atoms with van der Waals surface area (Å²) in [5.41, 5.74) is 1.70. The summed E-state index contributed by atoms with van der Waals surface area (Å²) in [7, 11) is -6.55.